The molecule has 17 heavy (non-hydrogen) atoms. The van der Waals surface area contributed by atoms with E-state index in [9.17, 15) is 4.79 Å². The summed E-state index contributed by atoms with van der Waals surface area (Å²) in [5.41, 5.74) is 7.92. The van der Waals surface area contributed by atoms with Gasteiger partial charge in [-0.2, -0.15) is 0 Å². The van der Waals surface area contributed by atoms with Crippen molar-refractivity contribution in [3.05, 3.63) is 52.4 Å². The van der Waals surface area contributed by atoms with Crippen LogP contribution in [0.3, 0.4) is 0 Å². The molecule has 3 heteroatoms. The monoisotopic (exact) mass is 225 g/mol. The number of hydrogen-bond donors (Lipinski definition) is 1. The summed E-state index contributed by atoms with van der Waals surface area (Å²) in [6.45, 7) is 1.99. The third kappa shape index (κ3) is 1.56. The second-order valence-electron chi connectivity index (χ2n) is 4.20. The zero-order chi connectivity index (χ0) is 12.0. The highest BCUT2D eigenvalue weighted by Gasteiger charge is 2.03. The number of anilines is 1. The molecular formula is C14H11NO2. The van der Waals surface area contributed by atoms with Gasteiger partial charge in [0.05, 0.1) is 0 Å². The molecule has 0 saturated heterocycles. The van der Waals surface area contributed by atoms with Crippen molar-refractivity contribution < 1.29 is 4.42 Å². The lowest BCUT2D eigenvalue weighted by atomic mass is 10.0. The van der Waals surface area contributed by atoms with Crippen molar-refractivity contribution in [3.63, 3.8) is 0 Å². The van der Waals surface area contributed by atoms with Crippen LogP contribution in [0.15, 0.2) is 45.6 Å². The largest absolute Gasteiger partial charge is 0.423 e. The molecule has 1 aromatic heterocycles. The van der Waals surface area contributed by atoms with Gasteiger partial charge in [0, 0.05) is 17.1 Å². The number of hydrogen-bond acceptors (Lipinski definition) is 3. The third-order valence-electron chi connectivity index (χ3n) is 2.92. The van der Waals surface area contributed by atoms with Crippen LogP contribution >= 0.6 is 0 Å². The number of benzene rings is 2. The number of rotatable bonds is 0. The summed E-state index contributed by atoms with van der Waals surface area (Å²) in [5, 5.41) is 3.02. The molecule has 0 aliphatic rings. The maximum atomic E-state index is 11.2. The molecule has 0 unspecified atom stereocenters. The molecule has 3 rings (SSSR count). The van der Waals surface area contributed by atoms with Gasteiger partial charge in [0.1, 0.15) is 5.58 Å². The van der Waals surface area contributed by atoms with E-state index in [1.165, 1.54) is 6.07 Å². The Morgan fingerprint density at radius 1 is 1.06 bits per heavy atom. The van der Waals surface area contributed by atoms with Gasteiger partial charge in [0.2, 0.25) is 0 Å². The molecule has 0 aliphatic heterocycles. The van der Waals surface area contributed by atoms with Crippen LogP contribution in [0.2, 0.25) is 0 Å². The Balaban J connectivity index is 2.52. The quantitative estimate of drug-likeness (QED) is 0.363. The van der Waals surface area contributed by atoms with Crippen LogP contribution in [0.1, 0.15) is 5.56 Å². The predicted octanol–water partition coefficient (Wildman–Crippen LogP) is 2.84. The molecule has 0 saturated carbocycles. The topological polar surface area (TPSA) is 56.2 Å². The van der Waals surface area contributed by atoms with Crippen molar-refractivity contribution in [2.24, 2.45) is 0 Å². The van der Waals surface area contributed by atoms with Gasteiger partial charge in [-0.3, -0.25) is 0 Å². The highest BCUT2D eigenvalue weighted by Crippen LogP contribution is 2.26. The molecule has 2 aromatic carbocycles. The fourth-order valence-corrected chi connectivity index (χ4v) is 2.14. The summed E-state index contributed by atoms with van der Waals surface area (Å²) in [6.07, 6.45) is 0. The summed E-state index contributed by atoms with van der Waals surface area (Å²) >= 11 is 0. The molecule has 1 heterocycles. The lowest BCUT2D eigenvalue weighted by Crippen LogP contribution is -1.94. The normalized spacial score (nSPS) is 11.1. The summed E-state index contributed by atoms with van der Waals surface area (Å²) in [6, 6.07) is 10.9. The van der Waals surface area contributed by atoms with E-state index < -0.39 is 0 Å². The molecule has 0 aliphatic carbocycles. The lowest BCUT2D eigenvalue weighted by Gasteiger charge is -2.05. The van der Waals surface area contributed by atoms with E-state index in [0.717, 1.165) is 27.4 Å². The minimum Gasteiger partial charge on any atom is -0.423 e. The molecule has 0 spiro atoms. The summed E-state index contributed by atoms with van der Waals surface area (Å²) in [4.78, 5) is 11.2. The highest BCUT2D eigenvalue weighted by atomic mass is 16.4. The van der Waals surface area contributed by atoms with Crippen LogP contribution < -0.4 is 11.4 Å². The number of fused-ring (bicyclic) bond motifs is 2. The third-order valence-corrected chi connectivity index (χ3v) is 2.92. The average Bonchev–Trinajstić information content (AvgIpc) is 2.27. The van der Waals surface area contributed by atoms with Crippen molar-refractivity contribution in [1.29, 1.82) is 0 Å². The minimum absolute atomic E-state index is 0.329. The Morgan fingerprint density at radius 2 is 1.88 bits per heavy atom. The van der Waals surface area contributed by atoms with E-state index >= 15 is 0 Å². The highest BCUT2D eigenvalue weighted by molar-refractivity contribution is 5.98. The molecule has 0 bridgehead atoms. The van der Waals surface area contributed by atoms with Crippen LogP contribution in [0, 0.1) is 6.92 Å². The zero-order valence-electron chi connectivity index (χ0n) is 9.36. The van der Waals surface area contributed by atoms with E-state index in [0.29, 0.717) is 5.58 Å². The van der Waals surface area contributed by atoms with Crippen LogP contribution in [0.4, 0.5) is 5.69 Å². The van der Waals surface area contributed by atoms with Gasteiger partial charge in [0.15, 0.2) is 0 Å². The molecule has 0 radical (unpaired) electrons. The molecular weight excluding hydrogens is 214 g/mol. The van der Waals surface area contributed by atoms with Gasteiger partial charge in [0.25, 0.3) is 0 Å². The first-order chi connectivity index (χ1) is 8.13. The van der Waals surface area contributed by atoms with Crippen LogP contribution in [0.25, 0.3) is 21.7 Å². The van der Waals surface area contributed by atoms with Gasteiger partial charge in [-0.25, -0.2) is 4.79 Å². The smallest absolute Gasteiger partial charge is 0.336 e. The van der Waals surface area contributed by atoms with E-state index in [4.69, 9.17) is 10.2 Å². The number of nitrogen functional groups attached to an aromatic ring is 1. The Morgan fingerprint density at radius 3 is 2.71 bits per heavy atom. The van der Waals surface area contributed by atoms with Gasteiger partial charge >= 0.3 is 5.63 Å². The molecule has 0 amide bonds. The first-order valence-corrected chi connectivity index (χ1v) is 5.37. The molecule has 84 valence electrons. The molecule has 0 atom stereocenters. The first kappa shape index (κ1) is 9.90. The van der Waals surface area contributed by atoms with E-state index in [1.54, 1.807) is 6.07 Å². The predicted molar refractivity (Wildman–Crippen MR) is 69.1 cm³/mol. The van der Waals surface area contributed by atoms with E-state index in [-0.39, 0.29) is 5.63 Å². The van der Waals surface area contributed by atoms with Crippen molar-refractivity contribution >= 4 is 27.4 Å². The standard InChI is InChI=1S/C14H11NO2/c1-8-4-11(15)6-10-5-9-2-3-14(16)17-13(9)7-12(8)10/h2-7H,15H2,1H3. The van der Waals surface area contributed by atoms with Gasteiger partial charge in [-0.15, -0.1) is 0 Å². The van der Waals surface area contributed by atoms with Gasteiger partial charge < -0.3 is 10.2 Å². The maximum absolute atomic E-state index is 11.2. The van der Waals surface area contributed by atoms with E-state index in [2.05, 4.69) is 0 Å². The second-order valence-corrected chi connectivity index (χ2v) is 4.20. The lowest BCUT2D eigenvalue weighted by molar-refractivity contribution is 0.561. The first-order valence-electron chi connectivity index (χ1n) is 5.37. The molecule has 3 aromatic rings. The van der Waals surface area contributed by atoms with Crippen molar-refractivity contribution in [2.45, 2.75) is 6.92 Å². The summed E-state index contributed by atoms with van der Waals surface area (Å²) in [5.74, 6) is 0. The summed E-state index contributed by atoms with van der Waals surface area (Å²) in [7, 11) is 0. The minimum atomic E-state index is -0.329. The second kappa shape index (κ2) is 3.35. The maximum Gasteiger partial charge on any atom is 0.336 e. The molecule has 3 nitrogen and oxygen atoms in total. The Labute approximate surface area is 97.5 Å². The van der Waals surface area contributed by atoms with Gasteiger partial charge in [-0.05, 0) is 53.6 Å². The fraction of sp³-hybridized carbons (Fsp3) is 0.0714. The van der Waals surface area contributed by atoms with Crippen LogP contribution in [-0.4, -0.2) is 0 Å². The Bertz CT molecular complexity index is 787. The number of aryl methyl sites for hydroxylation is 1. The fourth-order valence-electron chi connectivity index (χ4n) is 2.14. The van der Waals surface area contributed by atoms with E-state index in [1.807, 2.05) is 31.2 Å². The van der Waals surface area contributed by atoms with Crippen molar-refractivity contribution in [3.8, 4) is 0 Å². The van der Waals surface area contributed by atoms with Crippen molar-refractivity contribution in [2.75, 3.05) is 5.73 Å². The van der Waals surface area contributed by atoms with Crippen LogP contribution in [-0.2, 0) is 0 Å². The number of nitrogens with two attached hydrogens (primary N) is 1. The molecule has 0 fully saturated rings. The SMILES string of the molecule is Cc1cc(N)cc2cc3ccc(=O)oc3cc12. The Kier molecular flexibility index (Phi) is 1.95. The van der Waals surface area contributed by atoms with Crippen LogP contribution in [0.5, 0.6) is 0 Å². The summed E-state index contributed by atoms with van der Waals surface area (Å²) < 4.78 is 5.17. The van der Waals surface area contributed by atoms with Gasteiger partial charge in [-0.1, -0.05) is 0 Å². The van der Waals surface area contributed by atoms with Crippen molar-refractivity contribution in [1.82, 2.24) is 0 Å². The average molecular weight is 225 g/mol. The molecule has 2 N–H and O–H groups in total. The zero-order valence-corrected chi connectivity index (χ0v) is 9.36. The Hall–Kier alpha value is -2.29.